The van der Waals surface area contributed by atoms with Gasteiger partial charge in [-0.15, -0.1) is 0 Å². The molecule has 0 aliphatic carbocycles. The number of carboxylic acid groups (broad SMARTS) is 1. The van der Waals surface area contributed by atoms with Crippen molar-refractivity contribution in [3.8, 4) is 0 Å². The van der Waals surface area contributed by atoms with Crippen molar-refractivity contribution in [2.24, 2.45) is 5.41 Å². The summed E-state index contributed by atoms with van der Waals surface area (Å²) in [6, 6.07) is 0. The first-order chi connectivity index (χ1) is 9.36. The molecule has 0 saturated carbocycles. The SMILES string of the molecule is CCOC(=O)C(CC(=O)O)(C(=O)OCC)C(=O)OCC. The molecule has 0 rings (SSSR count). The zero-order valence-electron chi connectivity index (χ0n) is 11.6. The monoisotopic (exact) mass is 290 g/mol. The van der Waals surface area contributed by atoms with Gasteiger partial charge in [0, 0.05) is 0 Å². The Morgan fingerprint density at radius 3 is 1.30 bits per heavy atom. The minimum Gasteiger partial charge on any atom is -0.481 e. The van der Waals surface area contributed by atoms with Gasteiger partial charge in [-0.3, -0.25) is 19.2 Å². The molecule has 0 heterocycles. The first kappa shape index (κ1) is 17.9. The normalized spacial score (nSPS) is 10.6. The predicted molar refractivity (Wildman–Crippen MR) is 64.6 cm³/mol. The number of hydrogen-bond acceptors (Lipinski definition) is 7. The highest BCUT2D eigenvalue weighted by atomic mass is 16.6. The van der Waals surface area contributed by atoms with Gasteiger partial charge in [-0.05, 0) is 20.8 Å². The van der Waals surface area contributed by atoms with E-state index in [-0.39, 0.29) is 19.8 Å². The molecule has 0 aliphatic rings. The molecule has 114 valence electrons. The van der Waals surface area contributed by atoms with Crippen LogP contribution in [0.5, 0.6) is 0 Å². The molecule has 0 bridgehead atoms. The molecular weight excluding hydrogens is 272 g/mol. The summed E-state index contributed by atoms with van der Waals surface area (Å²) in [6.45, 7) is 4.00. The molecule has 0 saturated heterocycles. The number of aliphatic carboxylic acids is 1. The molecule has 0 spiro atoms. The highest BCUT2D eigenvalue weighted by Crippen LogP contribution is 2.28. The lowest BCUT2D eigenvalue weighted by Crippen LogP contribution is -2.50. The Balaban J connectivity index is 5.74. The number of esters is 3. The lowest BCUT2D eigenvalue weighted by Gasteiger charge is -2.25. The van der Waals surface area contributed by atoms with Gasteiger partial charge in [0.1, 0.15) is 0 Å². The molecule has 8 heteroatoms. The Hall–Kier alpha value is -2.12. The van der Waals surface area contributed by atoms with Crippen LogP contribution in [0.1, 0.15) is 27.2 Å². The first-order valence-electron chi connectivity index (χ1n) is 6.10. The van der Waals surface area contributed by atoms with Crippen LogP contribution in [0, 0.1) is 5.41 Å². The summed E-state index contributed by atoms with van der Waals surface area (Å²) < 4.78 is 13.9. The van der Waals surface area contributed by atoms with Crippen LogP contribution in [0.15, 0.2) is 0 Å². The predicted octanol–water partition coefficient (Wildman–Crippen LogP) is 0.137. The largest absolute Gasteiger partial charge is 0.481 e. The van der Waals surface area contributed by atoms with Gasteiger partial charge in [0.25, 0.3) is 5.41 Å². The van der Waals surface area contributed by atoms with Crippen LogP contribution in [0.2, 0.25) is 0 Å². The topological polar surface area (TPSA) is 116 Å². The van der Waals surface area contributed by atoms with Crippen LogP contribution >= 0.6 is 0 Å². The van der Waals surface area contributed by atoms with Gasteiger partial charge in [-0.2, -0.15) is 0 Å². The smallest absolute Gasteiger partial charge is 0.335 e. The average molecular weight is 290 g/mol. The van der Waals surface area contributed by atoms with E-state index in [0.29, 0.717) is 0 Å². The van der Waals surface area contributed by atoms with Crippen molar-refractivity contribution < 1.29 is 38.5 Å². The number of hydrogen-bond donors (Lipinski definition) is 1. The molecule has 0 aliphatic heterocycles. The maximum absolute atomic E-state index is 11.9. The van der Waals surface area contributed by atoms with Gasteiger partial charge in [0.05, 0.1) is 26.2 Å². The summed E-state index contributed by atoms with van der Waals surface area (Å²) in [7, 11) is 0. The second kappa shape index (κ2) is 8.13. The van der Waals surface area contributed by atoms with Crippen LogP contribution in [0.3, 0.4) is 0 Å². The molecule has 8 nitrogen and oxygen atoms in total. The molecule has 0 radical (unpaired) electrons. The Kier molecular flexibility index (Phi) is 7.27. The third-order valence-electron chi connectivity index (χ3n) is 2.29. The summed E-state index contributed by atoms with van der Waals surface area (Å²) in [5, 5.41) is 8.88. The summed E-state index contributed by atoms with van der Waals surface area (Å²) in [4.78, 5) is 46.8. The molecule has 0 aromatic rings. The average Bonchev–Trinajstić information content (AvgIpc) is 2.36. The third-order valence-corrected chi connectivity index (χ3v) is 2.29. The number of carbonyl (C=O) groups excluding carboxylic acids is 3. The summed E-state index contributed by atoms with van der Waals surface area (Å²) >= 11 is 0. The Morgan fingerprint density at radius 1 is 0.800 bits per heavy atom. The lowest BCUT2D eigenvalue weighted by atomic mass is 9.84. The highest BCUT2D eigenvalue weighted by molar-refractivity contribution is 6.19. The van der Waals surface area contributed by atoms with Gasteiger partial charge in [-0.25, -0.2) is 0 Å². The molecule has 0 amide bonds. The number of ether oxygens (including phenoxy) is 3. The van der Waals surface area contributed by atoms with E-state index in [0.717, 1.165) is 0 Å². The van der Waals surface area contributed by atoms with E-state index in [1.54, 1.807) is 0 Å². The Bertz CT molecular complexity index is 341. The molecule has 0 unspecified atom stereocenters. The minimum atomic E-state index is -2.63. The van der Waals surface area contributed by atoms with Crippen LogP contribution in [0.25, 0.3) is 0 Å². The van der Waals surface area contributed by atoms with Crippen LogP contribution < -0.4 is 0 Å². The Morgan fingerprint density at radius 2 is 1.10 bits per heavy atom. The van der Waals surface area contributed by atoms with Crippen molar-refractivity contribution in [2.75, 3.05) is 19.8 Å². The van der Waals surface area contributed by atoms with Crippen molar-refractivity contribution in [3.63, 3.8) is 0 Å². The van der Waals surface area contributed by atoms with Gasteiger partial charge in [0.15, 0.2) is 0 Å². The lowest BCUT2D eigenvalue weighted by molar-refractivity contribution is -0.187. The second-order valence-corrected chi connectivity index (χ2v) is 3.64. The Labute approximate surface area is 116 Å². The summed E-state index contributed by atoms with van der Waals surface area (Å²) in [5.74, 6) is -5.41. The number of rotatable bonds is 8. The van der Waals surface area contributed by atoms with Crippen molar-refractivity contribution in [2.45, 2.75) is 27.2 Å². The van der Waals surface area contributed by atoms with Gasteiger partial charge < -0.3 is 19.3 Å². The molecular formula is C12H18O8. The number of carboxylic acids is 1. The zero-order valence-corrected chi connectivity index (χ0v) is 11.6. The highest BCUT2D eigenvalue weighted by Gasteiger charge is 2.59. The standard InChI is InChI=1S/C12H18O8/c1-4-18-9(15)12(7-8(13)14,10(16)19-5-2)11(17)20-6-3/h4-7H2,1-3H3,(H,13,14). The fraction of sp³-hybridized carbons (Fsp3) is 0.667. The fourth-order valence-corrected chi connectivity index (χ4v) is 1.46. The van der Waals surface area contributed by atoms with E-state index in [1.165, 1.54) is 20.8 Å². The molecule has 0 fully saturated rings. The quantitative estimate of drug-likeness (QED) is 0.381. The van der Waals surface area contributed by atoms with Gasteiger partial charge >= 0.3 is 23.9 Å². The number of carbonyl (C=O) groups is 4. The van der Waals surface area contributed by atoms with Crippen molar-refractivity contribution in [3.05, 3.63) is 0 Å². The van der Waals surface area contributed by atoms with E-state index >= 15 is 0 Å². The van der Waals surface area contributed by atoms with Crippen molar-refractivity contribution >= 4 is 23.9 Å². The van der Waals surface area contributed by atoms with Crippen LogP contribution in [0.4, 0.5) is 0 Å². The first-order valence-corrected chi connectivity index (χ1v) is 6.10. The maximum atomic E-state index is 11.9. The van der Waals surface area contributed by atoms with Gasteiger partial charge in [-0.1, -0.05) is 0 Å². The fourth-order valence-electron chi connectivity index (χ4n) is 1.46. The molecule has 0 aromatic carbocycles. The second-order valence-electron chi connectivity index (χ2n) is 3.64. The van der Waals surface area contributed by atoms with Gasteiger partial charge in [0.2, 0.25) is 0 Å². The molecule has 0 atom stereocenters. The summed E-state index contributed by atoms with van der Waals surface area (Å²) in [5.41, 5.74) is -2.63. The molecule has 20 heavy (non-hydrogen) atoms. The van der Waals surface area contributed by atoms with Crippen LogP contribution in [-0.4, -0.2) is 48.8 Å². The third kappa shape index (κ3) is 3.94. The van der Waals surface area contributed by atoms with Crippen molar-refractivity contribution in [1.29, 1.82) is 0 Å². The maximum Gasteiger partial charge on any atom is 0.335 e. The van der Waals surface area contributed by atoms with E-state index < -0.39 is 35.7 Å². The van der Waals surface area contributed by atoms with E-state index in [2.05, 4.69) is 14.2 Å². The molecule has 0 aromatic heterocycles. The summed E-state index contributed by atoms with van der Waals surface area (Å²) in [6.07, 6.45) is -1.09. The van der Waals surface area contributed by atoms with E-state index in [9.17, 15) is 19.2 Å². The van der Waals surface area contributed by atoms with Crippen molar-refractivity contribution in [1.82, 2.24) is 0 Å². The zero-order chi connectivity index (χ0) is 15.8. The van der Waals surface area contributed by atoms with Crippen LogP contribution in [-0.2, 0) is 33.4 Å². The minimum absolute atomic E-state index is 0.126. The van der Waals surface area contributed by atoms with E-state index in [4.69, 9.17) is 5.11 Å². The molecule has 1 N–H and O–H groups in total. The van der Waals surface area contributed by atoms with E-state index in [1.807, 2.05) is 0 Å².